The van der Waals surface area contributed by atoms with Crippen molar-refractivity contribution in [3.05, 3.63) is 37.1 Å². The highest BCUT2D eigenvalue weighted by Gasteiger charge is 1.95. The summed E-state index contributed by atoms with van der Waals surface area (Å²) in [4.78, 5) is 10.4. The average molecular weight is 299 g/mol. The van der Waals surface area contributed by atoms with Crippen molar-refractivity contribution in [1.29, 1.82) is 0 Å². The zero-order chi connectivity index (χ0) is 16.3. The van der Waals surface area contributed by atoms with E-state index in [0.717, 1.165) is 12.8 Å². The number of rotatable bonds is 13. The summed E-state index contributed by atoms with van der Waals surface area (Å²) in [5, 5.41) is 0. The summed E-state index contributed by atoms with van der Waals surface area (Å²) < 4.78 is 15.7. The van der Waals surface area contributed by atoms with E-state index in [1.807, 2.05) is 13.8 Å². The van der Waals surface area contributed by atoms with E-state index in [9.17, 15) is 4.79 Å². The van der Waals surface area contributed by atoms with Crippen LogP contribution in [0.1, 0.15) is 26.7 Å². The molecule has 0 atom stereocenters. The highest BCUT2D eigenvalue weighted by atomic mass is 16.5. The van der Waals surface area contributed by atoms with Gasteiger partial charge in [-0.1, -0.05) is 39.2 Å². The molecule has 2 N–H and O–H groups in total. The van der Waals surface area contributed by atoms with Crippen molar-refractivity contribution in [2.75, 3.05) is 33.0 Å². The molecule has 5 heteroatoms. The first kappa shape index (κ1) is 21.7. The first-order chi connectivity index (χ1) is 10.2. The molecule has 0 saturated carbocycles. The number of carbonyl (C=O) groups is 1. The van der Waals surface area contributed by atoms with Crippen molar-refractivity contribution in [2.45, 2.75) is 26.7 Å². The van der Waals surface area contributed by atoms with Crippen LogP contribution >= 0.6 is 0 Å². The van der Waals surface area contributed by atoms with E-state index in [4.69, 9.17) is 19.9 Å². The summed E-state index contributed by atoms with van der Waals surface area (Å²) in [7, 11) is 0. The van der Waals surface area contributed by atoms with Gasteiger partial charge in [0.2, 0.25) is 5.91 Å². The highest BCUT2D eigenvalue weighted by molar-refractivity contribution is 5.74. The lowest BCUT2D eigenvalue weighted by molar-refractivity contribution is -0.122. The molecule has 0 fully saturated rings. The summed E-state index contributed by atoms with van der Waals surface area (Å²) >= 11 is 0. The number of allylic oxidation sites excluding steroid dienone is 3. The highest BCUT2D eigenvalue weighted by Crippen LogP contribution is 1.96. The van der Waals surface area contributed by atoms with Gasteiger partial charge in [0.1, 0.15) is 19.0 Å². The maximum atomic E-state index is 10.4. The summed E-state index contributed by atoms with van der Waals surface area (Å²) in [5.74, 6) is 0.141. The van der Waals surface area contributed by atoms with Crippen LogP contribution in [0.4, 0.5) is 0 Å². The molecule has 0 unspecified atom stereocenters. The van der Waals surface area contributed by atoms with Crippen molar-refractivity contribution in [3.63, 3.8) is 0 Å². The van der Waals surface area contributed by atoms with Crippen molar-refractivity contribution in [2.24, 2.45) is 5.73 Å². The van der Waals surface area contributed by atoms with Gasteiger partial charge in [-0.05, 0) is 18.9 Å². The molecule has 0 saturated heterocycles. The molecule has 0 aliphatic carbocycles. The van der Waals surface area contributed by atoms with Crippen molar-refractivity contribution < 1.29 is 19.0 Å². The Bertz CT molecular complexity index is 301. The van der Waals surface area contributed by atoms with E-state index >= 15 is 0 Å². The molecular weight excluding hydrogens is 270 g/mol. The lowest BCUT2D eigenvalue weighted by atomic mass is 10.3. The molecule has 1 amide bonds. The summed E-state index contributed by atoms with van der Waals surface area (Å²) in [6, 6.07) is 0. The third-order valence-corrected chi connectivity index (χ3v) is 2.00. The Morgan fingerprint density at radius 2 is 1.71 bits per heavy atom. The van der Waals surface area contributed by atoms with Crippen LogP contribution in [-0.4, -0.2) is 38.9 Å². The minimum Gasteiger partial charge on any atom is -0.492 e. The smallest absolute Gasteiger partial charge is 0.243 e. The van der Waals surface area contributed by atoms with Gasteiger partial charge < -0.3 is 19.9 Å². The summed E-state index contributed by atoms with van der Waals surface area (Å²) in [6.45, 7) is 13.4. The monoisotopic (exact) mass is 299 g/mol. The molecule has 0 aromatic rings. The van der Waals surface area contributed by atoms with Crippen LogP contribution in [0.25, 0.3) is 0 Å². The van der Waals surface area contributed by atoms with Crippen molar-refractivity contribution in [1.82, 2.24) is 0 Å². The van der Waals surface area contributed by atoms with Gasteiger partial charge in [-0.2, -0.15) is 0 Å². The third-order valence-electron chi connectivity index (χ3n) is 2.00. The molecule has 0 rings (SSSR count). The molecule has 0 aliphatic rings. The lowest BCUT2D eigenvalue weighted by Crippen LogP contribution is -2.18. The topological polar surface area (TPSA) is 70.8 Å². The number of primary amides is 1. The van der Waals surface area contributed by atoms with Gasteiger partial charge >= 0.3 is 0 Å². The van der Waals surface area contributed by atoms with E-state index in [0.29, 0.717) is 32.2 Å². The van der Waals surface area contributed by atoms with Crippen LogP contribution < -0.4 is 5.73 Å². The van der Waals surface area contributed by atoms with Gasteiger partial charge in [0.25, 0.3) is 0 Å². The zero-order valence-electron chi connectivity index (χ0n) is 13.3. The summed E-state index contributed by atoms with van der Waals surface area (Å²) in [6.07, 6.45) is 6.86. The lowest BCUT2D eigenvalue weighted by Gasteiger charge is -2.07. The predicted molar refractivity (Wildman–Crippen MR) is 85.8 cm³/mol. The Morgan fingerprint density at radius 3 is 2.29 bits per heavy atom. The predicted octanol–water partition coefficient (Wildman–Crippen LogP) is 2.58. The number of carbonyl (C=O) groups excluding carboxylic acids is 1. The molecular formula is C16H29NO4. The number of amides is 1. The van der Waals surface area contributed by atoms with E-state index in [1.165, 1.54) is 0 Å². The first-order valence-electron chi connectivity index (χ1n) is 7.21. The Balaban J connectivity index is 0. The van der Waals surface area contributed by atoms with Crippen LogP contribution in [0.15, 0.2) is 37.1 Å². The third kappa shape index (κ3) is 20.9. The number of ether oxygens (including phenoxy) is 3. The molecule has 0 aromatic heterocycles. The second-order valence-electron chi connectivity index (χ2n) is 3.75. The van der Waals surface area contributed by atoms with Crippen LogP contribution in [0, 0.1) is 0 Å². The molecule has 0 aromatic carbocycles. The van der Waals surface area contributed by atoms with Gasteiger partial charge in [-0.15, -0.1) is 0 Å². The van der Waals surface area contributed by atoms with Gasteiger partial charge in [0.05, 0.1) is 6.61 Å². The molecule has 0 bridgehead atoms. The molecule has 21 heavy (non-hydrogen) atoms. The van der Waals surface area contributed by atoms with Gasteiger partial charge in [0.15, 0.2) is 0 Å². The fourth-order valence-corrected chi connectivity index (χ4v) is 1.14. The maximum absolute atomic E-state index is 10.4. The van der Waals surface area contributed by atoms with E-state index in [-0.39, 0.29) is 6.61 Å². The zero-order valence-corrected chi connectivity index (χ0v) is 13.3. The minimum atomic E-state index is -0.445. The Hall–Kier alpha value is -1.59. The van der Waals surface area contributed by atoms with Crippen LogP contribution in [-0.2, 0) is 19.0 Å². The van der Waals surface area contributed by atoms with Crippen molar-refractivity contribution in [3.8, 4) is 0 Å². The molecule has 0 radical (unpaired) electrons. The molecule has 0 aliphatic heterocycles. The maximum Gasteiger partial charge on any atom is 0.243 e. The number of unbranched alkanes of at least 4 members (excludes halogenated alkanes) is 1. The molecule has 122 valence electrons. The van der Waals surface area contributed by atoms with E-state index in [1.54, 1.807) is 18.2 Å². The summed E-state index contributed by atoms with van der Waals surface area (Å²) in [5.41, 5.74) is 4.92. The Kier molecular flexibility index (Phi) is 19.0. The van der Waals surface area contributed by atoms with Crippen LogP contribution in [0.5, 0.6) is 0 Å². The van der Waals surface area contributed by atoms with Crippen LogP contribution in [0.3, 0.4) is 0 Å². The molecule has 0 heterocycles. The SMILES string of the molecule is C=C/C=C\C(=C)OCCOCCCCOCC(N)=O.CC. The first-order valence-corrected chi connectivity index (χ1v) is 7.21. The number of hydrogen-bond acceptors (Lipinski definition) is 4. The minimum absolute atomic E-state index is 0.0188. The number of hydrogen-bond donors (Lipinski definition) is 1. The Morgan fingerprint density at radius 1 is 1.10 bits per heavy atom. The fourth-order valence-electron chi connectivity index (χ4n) is 1.14. The second kappa shape index (κ2) is 18.4. The standard InChI is InChI=1S/C14H23NO4.C2H6/c1-3-4-7-13(2)19-11-10-17-8-5-6-9-18-12-14(15)16;1-2/h3-4,7H,1-2,5-6,8-12H2,(H2,15,16);1-2H3/b7-4-;. The van der Waals surface area contributed by atoms with E-state index < -0.39 is 5.91 Å². The number of nitrogens with two attached hydrogens (primary N) is 1. The normalized spacial score (nSPS) is 9.81. The quantitative estimate of drug-likeness (QED) is 0.322. The Labute approximate surface area is 128 Å². The van der Waals surface area contributed by atoms with Crippen molar-refractivity contribution >= 4 is 5.91 Å². The largest absolute Gasteiger partial charge is 0.492 e. The van der Waals surface area contributed by atoms with Gasteiger partial charge in [0, 0.05) is 13.2 Å². The van der Waals surface area contributed by atoms with Gasteiger partial charge in [-0.3, -0.25) is 4.79 Å². The van der Waals surface area contributed by atoms with Gasteiger partial charge in [-0.25, -0.2) is 0 Å². The molecule has 5 nitrogen and oxygen atoms in total. The van der Waals surface area contributed by atoms with E-state index in [2.05, 4.69) is 13.2 Å². The van der Waals surface area contributed by atoms with Crippen LogP contribution in [0.2, 0.25) is 0 Å². The second-order valence-corrected chi connectivity index (χ2v) is 3.75. The fraction of sp³-hybridized carbons (Fsp3) is 0.562. The molecule has 0 spiro atoms. The average Bonchev–Trinajstić information content (AvgIpc) is 2.48.